The fraction of sp³-hybridized carbons (Fsp3) is 0.160. The summed E-state index contributed by atoms with van der Waals surface area (Å²) in [7, 11) is 3.22. The Morgan fingerprint density at radius 2 is 1.45 bits per heavy atom. The van der Waals surface area contributed by atoms with Gasteiger partial charge in [0.05, 0.1) is 38.0 Å². The van der Waals surface area contributed by atoms with Crippen LogP contribution < -0.4 is 14.4 Å². The molecule has 0 amide bonds. The Morgan fingerprint density at radius 3 is 2.06 bits per heavy atom. The van der Waals surface area contributed by atoms with Crippen LogP contribution in [0.25, 0.3) is 11.1 Å². The van der Waals surface area contributed by atoms with E-state index in [1.54, 1.807) is 26.6 Å². The van der Waals surface area contributed by atoms with Crippen molar-refractivity contribution in [3.8, 4) is 22.9 Å². The van der Waals surface area contributed by atoms with Gasteiger partial charge in [0.25, 0.3) is 0 Å². The van der Waals surface area contributed by atoms with E-state index >= 15 is 0 Å². The minimum absolute atomic E-state index is 0.525. The standard InChI is InChI=1S/C25H24N4O2/c1-30-24-12-11-23(25(28-24)31-2)22-10-4-3-7-19(22)13-16-29(20-8-5-14-26-17-20)21-9-6-15-27-18-21/h3-12,14-15,17-18H,13,16H2,1-2H3. The van der Waals surface area contributed by atoms with Gasteiger partial charge in [0, 0.05) is 30.6 Å². The van der Waals surface area contributed by atoms with Gasteiger partial charge in [0.2, 0.25) is 11.8 Å². The van der Waals surface area contributed by atoms with Crippen molar-refractivity contribution in [3.05, 3.63) is 91.0 Å². The smallest absolute Gasteiger partial charge is 0.224 e. The molecule has 0 N–H and O–H groups in total. The zero-order valence-corrected chi connectivity index (χ0v) is 17.6. The molecule has 0 aliphatic carbocycles. The van der Waals surface area contributed by atoms with Gasteiger partial charge in [-0.05, 0) is 47.9 Å². The number of hydrogen-bond acceptors (Lipinski definition) is 6. The Labute approximate surface area is 182 Å². The van der Waals surface area contributed by atoms with Crippen molar-refractivity contribution >= 4 is 11.4 Å². The van der Waals surface area contributed by atoms with Crippen LogP contribution in [-0.4, -0.2) is 35.7 Å². The van der Waals surface area contributed by atoms with E-state index in [-0.39, 0.29) is 0 Å². The maximum absolute atomic E-state index is 5.54. The molecule has 0 spiro atoms. The van der Waals surface area contributed by atoms with Crippen molar-refractivity contribution in [2.24, 2.45) is 0 Å². The third-order valence-electron chi connectivity index (χ3n) is 5.06. The molecule has 4 aromatic rings. The Bertz CT molecular complexity index is 1080. The Balaban J connectivity index is 1.66. The van der Waals surface area contributed by atoms with Crippen LogP contribution in [0.15, 0.2) is 85.5 Å². The van der Waals surface area contributed by atoms with Crippen LogP contribution in [0.1, 0.15) is 5.56 Å². The Kier molecular flexibility index (Phi) is 6.38. The van der Waals surface area contributed by atoms with Crippen molar-refractivity contribution < 1.29 is 9.47 Å². The monoisotopic (exact) mass is 412 g/mol. The molecule has 0 radical (unpaired) electrons. The Hall–Kier alpha value is -3.93. The maximum atomic E-state index is 5.54. The van der Waals surface area contributed by atoms with Gasteiger partial charge >= 0.3 is 0 Å². The first-order valence-corrected chi connectivity index (χ1v) is 10.0. The van der Waals surface area contributed by atoms with E-state index < -0.39 is 0 Å². The lowest BCUT2D eigenvalue weighted by Gasteiger charge is -2.25. The number of pyridine rings is 3. The van der Waals surface area contributed by atoms with Crippen LogP contribution in [0.3, 0.4) is 0 Å². The van der Waals surface area contributed by atoms with Gasteiger partial charge in [-0.2, -0.15) is 4.98 Å². The fourth-order valence-corrected chi connectivity index (χ4v) is 3.57. The number of anilines is 2. The largest absolute Gasteiger partial charge is 0.481 e. The molecule has 0 aliphatic heterocycles. The molecule has 0 atom stereocenters. The second-order valence-electron chi connectivity index (χ2n) is 6.89. The lowest BCUT2D eigenvalue weighted by Crippen LogP contribution is -2.20. The molecule has 0 fully saturated rings. The first-order valence-electron chi connectivity index (χ1n) is 10.0. The third kappa shape index (κ3) is 4.64. The molecular weight excluding hydrogens is 388 g/mol. The molecule has 3 heterocycles. The zero-order valence-electron chi connectivity index (χ0n) is 17.6. The molecule has 1 aromatic carbocycles. The van der Waals surface area contributed by atoms with E-state index in [9.17, 15) is 0 Å². The molecular formula is C25H24N4O2. The van der Waals surface area contributed by atoms with Crippen LogP contribution >= 0.6 is 0 Å². The normalized spacial score (nSPS) is 10.5. The van der Waals surface area contributed by atoms with Crippen LogP contribution in [0.5, 0.6) is 11.8 Å². The highest BCUT2D eigenvalue weighted by atomic mass is 16.5. The number of nitrogens with zero attached hydrogens (tertiary/aromatic N) is 4. The quantitative estimate of drug-likeness (QED) is 0.409. The van der Waals surface area contributed by atoms with Crippen LogP contribution in [0, 0.1) is 0 Å². The number of benzene rings is 1. The third-order valence-corrected chi connectivity index (χ3v) is 5.06. The molecule has 6 heteroatoms. The lowest BCUT2D eigenvalue weighted by molar-refractivity contribution is 0.366. The second kappa shape index (κ2) is 9.71. The fourth-order valence-electron chi connectivity index (χ4n) is 3.57. The van der Waals surface area contributed by atoms with Gasteiger partial charge in [-0.3, -0.25) is 9.97 Å². The molecule has 31 heavy (non-hydrogen) atoms. The van der Waals surface area contributed by atoms with Crippen LogP contribution in [0.4, 0.5) is 11.4 Å². The van der Waals surface area contributed by atoms with Crippen molar-refractivity contribution in [2.75, 3.05) is 25.7 Å². The molecule has 0 saturated carbocycles. The highest BCUT2D eigenvalue weighted by molar-refractivity contribution is 5.72. The molecule has 0 aliphatic rings. The van der Waals surface area contributed by atoms with Crippen molar-refractivity contribution in [2.45, 2.75) is 6.42 Å². The first kappa shape index (κ1) is 20.3. The molecule has 4 rings (SSSR count). The highest BCUT2D eigenvalue weighted by Gasteiger charge is 2.15. The van der Waals surface area contributed by atoms with E-state index in [0.717, 1.165) is 35.5 Å². The summed E-state index contributed by atoms with van der Waals surface area (Å²) in [6.07, 6.45) is 8.12. The van der Waals surface area contributed by atoms with Crippen LogP contribution in [0.2, 0.25) is 0 Å². The van der Waals surface area contributed by atoms with E-state index in [1.807, 2.05) is 42.7 Å². The SMILES string of the molecule is COc1ccc(-c2ccccc2CCN(c2cccnc2)c2cccnc2)c(OC)n1. The average molecular weight is 412 g/mol. The van der Waals surface area contributed by atoms with Crippen molar-refractivity contribution in [1.82, 2.24) is 15.0 Å². The number of methoxy groups -OCH3 is 2. The van der Waals surface area contributed by atoms with Crippen molar-refractivity contribution in [1.29, 1.82) is 0 Å². The van der Waals surface area contributed by atoms with E-state index in [4.69, 9.17) is 9.47 Å². The summed E-state index contributed by atoms with van der Waals surface area (Å²) in [4.78, 5) is 15.3. The van der Waals surface area contributed by atoms with Gasteiger partial charge in [-0.1, -0.05) is 24.3 Å². The minimum atomic E-state index is 0.525. The molecule has 156 valence electrons. The number of ether oxygens (including phenoxy) is 2. The average Bonchev–Trinajstić information content (AvgIpc) is 2.85. The zero-order chi connectivity index (χ0) is 21.5. The first-order chi connectivity index (χ1) is 15.3. The summed E-state index contributed by atoms with van der Waals surface area (Å²) < 4.78 is 10.8. The van der Waals surface area contributed by atoms with E-state index in [1.165, 1.54) is 5.56 Å². The molecule has 0 saturated heterocycles. The summed E-state index contributed by atoms with van der Waals surface area (Å²) >= 11 is 0. The number of hydrogen-bond donors (Lipinski definition) is 0. The van der Waals surface area contributed by atoms with E-state index in [0.29, 0.717) is 11.8 Å². The van der Waals surface area contributed by atoms with Gasteiger partial charge in [0.1, 0.15) is 0 Å². The summed E-state index contributed by atoms with van der Waals surface area (Å²) in [5.74, 6) is 1.07. The predicted octanol–water partition coefficient (Wildman–Crippen LogP) is 4.94. The minimum Gasteiger partial charge on any atom is -0.481 e. The van der Waals surface area contributed by atoms with Gasteiger partial charge in [0.15, 0.2) is 0 Å². The van der Waals surface area contributed by atoms with Gasteiger partial charge < -0.3 is 14.4 Å². The van der Waals surface area contributed by atoms with Gasteiger partial charge in [-0.25, -0.2) is 0 Å². The summed E-state index contributed by atoms with van der Waals surface area (Å²) in [5, 5.41) is 0. The number of rotatable bonds is 8. The maximum Gasteiger partial charge on any atom is 0.224 e. The topological polar surface area (TPSA) is 60.4 Å². The predicted molar refractivity (Wildman–Crippen MR) is 122 cm³/mol. The lowest BCUT2D eigenvalue weighted by atomic mass is 9.98. The second-order valence-corrected chi connectivity index (χ2v) is 6.89. The molecule has 3 aromatic heterocycles. The summed E-state index contributed by atoms with van der Waals surface area (Å²) in [6.45, 7) is 0.764. The van der Waals surface area contributed by atoms with Crippen molar-refractivity contribution in [3.63, 3.8) is 0 Å². The number of aromatic nitrogens is 3. The highest BCUT2D eigenvalue weighted by Crippen LogP contribution is 2.33. The summed E-state index contributed by atoms with van der Waals surface area (Å²) in [5.41, 5.74) is 5.28. The van der Waals surface area contributed by atoms with Crippen LogP contribution in [-0.2, 0) is 6.42 Å². The van der Waals surface area contributed by atoms with Gasteiger partial charge in [-0.15, -0.1) is 0 Å². The molecule has 0 unspecified atom stereocenters. The summed E-state index contributed by atoms with van der Waals surface area (Å²) in [6, 6.07) is 20.2. The molecule has 6 nitrogen and oxygen atoms in total. The Morgan fingerprint density at radius 1 is 0.742 bits per heavy atom. The van der Waals surface area contributed by atoms with E-state index in [2.05, 4.69) is 50.2 Å². The molecule has 0 bridgehead atoms.